The van der Waals surface area contributed by atoms with E-state index in [1.165, 1.54) is 32.1 Å². The quantitative estimate of drug-likeness (QED) is 0.588. The Morgan fingerprint density at radius 1 is 1.00 bits per heavy atom. The molecular weight excluding hydrogens is 197 g/mol. The van der Waals surface area contributed by atoms with Gasteiger partial charge in [0.05, 0.1) is 0 Å². The molecule has 0 aromatic heterocycles. The van der Waals surface area contributed by atoms with Crippen LogP contribution in [0.4, 0.5) is 0 Å². The van der Waals surface area contributed by atoms with Gasteiger partial charge in [-0.15, -0.1) is 0 Å². The van der Waals surface area contributed by atoms with Crippen molar-refractivity contribution in [1.82, 2.24) is 0 Å². The van der Waals surface area contributed by atoms with Gasteiger partial charge in [0.1, 0.15) is 0 Å². The molecule has 1 saturated carbocycles. The Bertz CT molecular complexity index is 72.8. The van der Waals surface area contributed by atoms with Gasteiger partial charge in [-0.05, 0) is 0 Å². The predicted octanol–water partition coefficient (Wildman–Crippen LogP) is 3.18. The van der Waals surface area contributed by atoms with Gasteiger partial charge in [0, 0.05) is 32.7 Å². The number of hydrogen-bond donors (Lipinski definition) is 0. The van der Waals surface area contributed by atoms with Crippen LogP contribution in [0, 0.1) is 11.8 Å². The van der Waals surface area contributed by atoms with E-state index in [0.29, 0.717) is 0 Å². The van der Waals surface area contributed by atoms with Crippen LogP contribution in [-0.2, 0) is 32.7 Å². The third-order valence-electron chi connectivity index (χ3n) is 2.31. The number of hydrogen-bond acceptors (Lipinski definition) is 0. The number of rotatable bonds is 1. The maximum atomic E-state index is 2.32. The van der Waals surface area contributed by atoms with Gasteiger partial charge in [0.15, 0.2) is 0 Å². The van der Waals surface area contributed by atoms with Crippen molar-refractivity contribution < 1.29 is 32.7 Å². The molecule has 1 heteroatoms. The molecule has 0 amide bonds. The topological polar surface area (TPSA) is 0 Å². The van der Waals surface area contributed by atoms with Crippen LogP contribution in [0.2, 0.25) is 0 Å². The van der Waals surface area contributed by atoms with Crippen molar-refractivity contribution in [2.24, 2.45) is 5.92 Å². The third kappa shape index (κ3) is 3.48. The van der Waals surface area contributed by atoms with Crippen LogP contribution < -0.4 is 0 Å². The fraction of sp³-hybridized carbons (Fsp3) is 0.889. The zero-order chi connectivity index (χ0) is 6.69. The molecular formula is C9H17Y-. The molecule has 0 spiro atoms. The van der Waals surface area contributed by atoms with E-state index in [1.54, 1.807) is 5.92 Å². The summed E-state index contributed by atoms with van der Waals surface area (Å²) in [4.78, 5) is 0. The maximum absolute atomic E-state index is 2.32. The summed E-state index contributed by atoms with van der Waals surface area (Å²) >= 11 is 0. The largest absolute Gasteiger partial charge is 0.311 e. The van der Waals surface area contributed by atoms with Crippen LogP contribution in [-0.4, -0.2) is 0 Å². The fourth-order valence-electron chi connectivity index (χ4n) is 1.58. The van der Waals surface area contributed by atoms with Gasteiger partial charge in [-0.25, -0.2) is 0 Å². The van der Waals surface area contributed by atoms with Crippen molar-refractivity contribution >= 4 is 0 Å². The molecule has 0 bridgehead atoms. The second-order valence-electron chi connectivity index (χ2n) is 3.37. The van der Waals surface area contributed by atoms with Gasteiger partial charge < -0.3 is 5.92 Å². The van der Waals surface area contributed by atoms with Gasteiger partial charge in [-0.1, -0.05) is 33.1 Å². The first-order chi connectivity index (χ1) is 4.30. The fourth-order valence-corrected chi connectivity index (χ4v) is 1.58. The molecule has 10 heavy (non-hydrogen) atoms. The third-order valence-corrected chi connectivity index (χ3v) is 2.31. The molecule has 0 saturated heterocycles. The van der Waals surface area contributed by atoms with Crippen LogP contribution in [0.3, 0.4) is 0 Å². The van der Waals surface area contributed by atoms with E-state index in [4.69, 9.17) is 0 Å². The Morgan fingerprint density at radius 2 is 1.50 bits per heavy atom. The van der Waals surface area contributed by atoms with Crippen molar-refractivity contribution in [3.8, 4) is 0 Å². The molecule has 57 valence electrons. The minimum Gasteiger partial charge on any atom is -0.311 e. The summed E-state index contributed by atoms with van der Waals surface area (Å²) in [5.74, 6) is 2.66. The Balaban J connectivity index is 0.000000810. The molecule has 1 radical (unpaired) electrons. The minimum atomic E-state index is 0. The van der Waals surface area contributed by atoms with Crippen molar-refractivity contribution in [2.45, 2.75) is 46.0 Å². The van der Waals surface area contributed by atoms with E-state index >= 15 is 0 Å². The Kier molecular flexibility index (Phi) is 6.35. The standard InChI is InChI=1S/C9H17.Y/c1-8(2)9-6-4-3-5-7-9;/h8H,3-7H2,1-2H3;/q-1;. The molecule has 0 unspecified atom stereocenters. The smallest absolute Gasteiger partial charge is 0 e. The van der Waals surface area contributed by atoms with Gasteiger partial charge in [-0.3, -0.25) is 0 Å². The average Bonchev–Trinajstić information content (AvgIpc) is 1.90. The van der Waals surface area contributed by atoms with Crippen LogP contribution in [0.25, 0.3) is 0 Å². The van der Waals surface area contributed by atoms with Gasteiger partial charge in [0.25, 0.3) is 0 Å². The van der Waals surface area contributed by atoms with Crippen LogP contribution >= 0.6 is 0 Å². The first-order valence-electron chi connectivity index (χ1n) is 4.15. The summed E-state index contributed by atoms with van der Waals surface area (Å²) in [7, 11) is 0. The van der Waals surface area contributed by atoms with Crippen LogP contribution in [0.1, 0.15) is 46.0 Å². The Morgan fingerprint density at radius 3 is 1.80 bits per heavy atom. The second-order valence-corrected chi connectivity index (χ2v) is 3.37. The normalized spacial score (nSPS) is 20.7. The van der Waals surface area contributed by atoms with E-state index in [2.05, 4.69) is 13.8 Å². The molecule has 1 fully saturated rings. The van der Waals surface area contributed by atoms with Crippen molar-refractivity contribution in [2.75, 3.05) is 0 Å². The Hall–Kier alpha value is 1.10. The monoisotopic (exact) mass is 214 g/mol. The predicted molar refractivity (Wildman–Crippen MR) is 41.2 cm³/mol. The summed E-state index contributed by atoms with van der Waals surface area (Å²) in [5, 5.41) is 0. The van der Waals surface area contributed by atoms with Crippen molar-refractivity contribution in [3.63, 3.8) is 0 Å². The van der Waals surface area contributed by atoms with Crippen LogP contribution in [0.15, 0.2) is 0 Å². The summed E-state index contributed by atoms with van der Waals surface area (Å²) in [6.07, 6.45) is 7.20. The molecule has 0 heterocycles. The Labute approximate surface area is 90.0 Å². The molecule has 0 atom stereocenters. The molecule has 0 N–H and O–H groups in total. The van der Waals surface area contributed by atoms with Gasteiger partial charge in [0.2, 0.25) is 0 Å². The first-order valence-corrected chi connectivity index (χ1v) is 4.15. The van der Waals surface area contributed by atoms with E-state index in [0.717, 1.165) is 5.92 Å². The molecule has 0 aromatic rings. The summed E-state index contributed by atoms with van der Waals surface area (Å²) in [6.45, 7) is 4.64. The minimum absolute atomic E-state index is 0. The maximum Gasteiger partial charge on any atom is 0 e. The van der Waals surface area contributed by atoms with E-state index in [1.807, 2.05) is 0 Å². The molecule has 1 aliphatic rings. The molecule has 0 aliphatic heterocycles. The first kappa shape index (κ1) is 11.1. The van der Waals surface area contributed by atoms with E-state index in [-0.39, 0.29) is 32.7 Å². The van der Waals surface area contributed by atoms with E-state index < -0.39 is 0 Å². The second kappa shape index (κ2) is 5.72. The van der Waals surface area contributed by atoms with Crippen LogP contribution in [0.5, 0.6) is 0 Å². The zero-order valence-electron chi connectivity index (χ0n) is 7.19. The summed E-state index contributed by atoms with van der Waals surface area (Å²) < 4.78 is 0. The molecule has 0 nitrogen and oxygen atoms in total. The summed E-state index contributed by atoms with van der Waals surface area (Å²) in [6, 6.07) is 0. The zero-order valence-corrected chi connectivity index (χ0v) is 10.0. The molecule has 1 aliphatic carbocycles. The van der Waals surface area contributed by atoms with Gasteiger partial charge >= 0.3 is 0 Å². The molecule has 1 rings (SSSR count). The van der Waals surface area contributed by atoms with Gasteiger partial charge in [-0.2, -0.15) is 18.8 Å². The van der Waals surface area contributed by atoms with Crippen molar-refractivity contribution in [1.29, 1.82) is 0 Å². The average molecular weight is 214 g/mol. The van der Waals surface area contributed by atoms with E-state index in [9.17, 15) is 0 Å². The van der Waals surface area contributed by atoms with Crippen molar-refractivity contribution in [3.05, 3.63) is 5.92 Å². The molecule has 0 aromatic carbocycles. The summed E-state index contributed by atoms with van der Waals surface area (Å²) in [5.41, 5.74) is 0. The SMILES string of the molecule is CC(C)[C-]1CCCCC1.[Y].